The number of methoxy groups -OCH3 is 1. The van der Waals surface area contributed by atoms with Crippen LogP contribution in [0.25, 0.3) is 0 Å². The van der Waals surface area contributed by atoms with Crippen molar-refractivity contribution in [2.75, 3.05) is 46.4 Å². The molecular weight excluding hydrogens is 524 g/mol. The fourth-order valence-electron chi connectivity index (χ4n) is 4.20. The van der Waals surface area contributed by atoms with Gasteiger partial charge in [-0.3, -0.25) is 24.7 Å². The Balaban J connectivity index is 1.82. The first kappa shape index (κ1) is 29.3. The zero-order chi connectivity index (χ0) is 28.1. The molecule has 0 aliphatic carbocycles. The summed E-state index contributed by atoms with van der Waals surface area (Å²) in [6.45, 7) is 0.848. The lowest BCUT2D eigenvalue weighted by atomic mass is 10.0. The van der Waals surface area contributed by atoms with Crippen molar-refractivity contribution in [3.63, 3.8) is 0 Å². The first-order chi connectivity index (χ1) is 17.8. The minimum atomic E-state index is -4.99. The second kappa shape index (κ2) is 12.1. The Morgan fingerprint density at radius 2 is 1.58 bits per heavy atom. The van der Waals surface area contributed by atoms with E-state index in [1.165, 1.54) is 25.3 Å². The third kappa shape index (κ3) is 7.65. The highest BCUT2D eigenvalue weighted by atomic mass is 19.4. The lowest BCUT2D eigenvalue weighted by Gasteiger charge is -2.38. The maximum absolute atomic E-state index is 13.2. The van der Waals surface area contributed by atoms with Crippen molar-refractivity contribution in [2.24, 2.45) is 0 Å². The molecule has 2 aromatic rings. The molecule has 0 spiro atoms. The van der Waals surface area contributed by atoms with Crippen LogP contribution in [0.4, 0.5) is 32.0 Å². The summed E-state index contributed by atoms with van der Waals surface area (Å²) in [6.07, 6.45) is -9.99. The Morgan fingerprint density at radius 1 is 1.00 bits per heavy atom. The number of carbonyl (C=O) groups excluding carboxylic acids is 1. The van der Waals surface area contributed by atoms with Gasteiger partial charge in [0.05, 0.1) is 49.0 Å². The van der Waals surface area contributed by atoms with Crippen LogP contribution in [-0.2, 0) is 33.2 Å². The highest BCUT2D eigenvalue weighted by Crippen LogP contribution is 2.37. The molecule has 1 atom stereocenters. The normalized spacial score (nSPS) is 16.3. The minimum absolute atomic E-state index is 0.0352. The summed E-state index contributed by atoms with van der Waals surface area (Å²) in [6, 6.07) is 6.39. The number of rotatable bonds is 9. The molecule has 14 heteroatoms. The summed E-state index contributed by atoms with van der Waals surface area (Å²) >= 11 is 0. The molecule has 1 aliphatic heterocycles. The molecule has 1 fully saturated rings. The van der Waals surface area contributed by atoms with E-state index in [0.29, 0.717) is 43.9 Å². The number of halogens is 6. The second-order valence-corrected chi connectivity index (χ2v) is 8.65. The number of benzene rings is 2. The van der Waals surface area contributed by atoms with E-state index in [1.807, 2.05) is 9.80 Å². The highest BCUT2D eigenvalue weighted by Gasteiger charge is 2.37. The van der Waals surface area contributed by atoms with Gasteiger partial charge < -0.3 is 9.47 Å². The number of para-hydroxylation sites is 1. The maximum Gasteiger partial charge on any atom is 0.416 e. The van der Waals surface area contributed by atoms with Crippen LogP contribution in [-0.4, -0.2) is 67.1 Å². The largest absolute Gasteiger partial charge is 0.468 e. The Bertz CT molecular complexity index is 1100. The molecule has 0 N–H and O–H groups in total. The molecule has 2 aromatic carbocycles. The number of esters is 1. The quantitative estimate of drug-likeness (QED) is 0.194. The first-order valence-corrected chi connectivity index (χ1v) is 11.4. The van der Waals surface area contributed by atoms with E-state index in [-0.39, 0.29) is 30.5 Å². The van der Waals surface area contributed by atoms with Crippen molar-refractivity contribution < 1.29 is 45.5 Å². The molecule has 0 bridgehead atoms. The predicted octanol–water partition coefficient (Wildman–Crippen LogP) is 4.68. The second-order valence-electron chi connectivity index (χ2n) is 8.65. The Kier molecular flexibility index (Phi) is 9.33. The number of carbonyl (C=O) groups is 1. The average molecular weight is 549 g/mol. The molecular formula is C24H25F6N3O5. The van der Waals surface area contributed by atoms with Crippen molar-refractivity contribution in [3.8, 4) is 0 Å². The van der Waals surface area contributed by atoms with Crippen LogP contribution in [0.5, 0.6) is 0 Å². The van der Waals surface area contributed by atoms with E-state index >= 15 is 0 Å². The molecule has 208 valence electrons. The predicted molar refractivity (Wildman–Crippen MR) is 122 cm³/mol. The lowest BCUT2D eigenvalue weighted by molar-refractivity contribution is -0.386. The van der Waals surface area contributed by atoms with Crippen LogP contribution in [0.3, 0.4) is 0 Å². The molecule has 0 saturated carbocycles. The van der Waals surface area contributed by atoms with E-state index in [1.54, 1.807) is 6.07 Å². The van der Waals surface area contributed by atoms with Gasteiger partial charge in [0, 0.05) is 37.8 Å². The summed E-state index contributed by atoms with van der Waals surface area (Å²) in [5, 5.41) is 11.6. The van der Waals surface area contributed by atoms with Gasteiger partial charge in [-0.25, -0.2) is 0 Å². The van der Waals surface area contributed by atoms with Crippen molar-refractivity contribution in [2.45, 2.75) is 25.0 Å². The fraction of sp³-hybridized carbons (Fsp3) is 0.458. The summed E-state index contributed by atoms with van der Waals surface area (Å²) in [7, 11) is 1.27. The van der Waals surface area contributed by atoms with Crippen LogP contribution >= 0.6 is 0 Å². The van der Waals surface area contributed by atoms with E-state index in [0.717, 1.165) is 0 Å². The van der Waals surface area contributed by atoms with Crippen LogP contribution in [0.2, 0.25) is 0 Å². The van der Waals surface area contributed by atoms with E-state index < -0.39 is 47.0 Å². The lowest BCUT2D eigenvalue weighted by Crippen LogP contribution is -2.49. The molecule has 3 rings (SSSR count). The van der Waals surface area contributed by atoms with Crippen molar-refractivity contribution >= 4 is 11.7 Å². The molecule has 38 heavy (non-hydrogen) atoms. The molecule has 1 unspecified atom stereocenters. The zero-order valence-corrected chi connectivity index (χ0v) is 20.2. The van der Waals surface area contributed by atoms with E-state index in [9.17, 15) is 41.3 Å². The van der Waals surface area contributed by atoms with Gasteiger partial charge in [-0.1, -0.05) is 18.2 Å². The number of nitro benzene ring substituents is 1. The number of nitro groups is 1. The summed E-state index contributed by atoms with van der Waals surface area (Å²) < 4.78 is 89.4. The zero-order valence-electron chi connectivity index (χ0n) is 20.2. The van der Waals surface area contributed by atoms with Crippen LogP contribution in [0, 0.1) is 10.1 Å². The standard InChI is InChI=1S/C24H25F6N3O5/c1-37-22(34)13-31-6-8-32(9-7-31)21(19-4-2-3-5-20(19)33(35)36)15-38-14-16-10-17(23(25,26)27)12-18(11-16)24(28,29)30/h2-5,10-12,21H,6-9,13-15H2,1H3. The molecule has 8 nitrogen and oxygen atoms in total. The molecule has 1 heterocycles. The summed E-state index contributed by atoms with van der Waals surface area (Å²) in [5.74, 6) is -0.420. The molecule has 0 radical (unpaired) electrons. The van der Waals surface area contributed by atoms with Crippen molar-refractivity contribution in [1.29, 1.82) is 0 Å². The van der Waals surface area contributed by atoms with E-state index in [4.69, 9.17) is 4.74 Å². The third-order valence-electron chi connectivity index (χ3n) is 6.11. The van der Waals surface area contributed by atoms with Gasteiger partial charge in [0.15, 0.2) is 0 Å². The smallest absolute Gasteiger partial charge is 0.416 e. The van der Waals surface area contributed by atoms with E-state index in [2.05, 4.69) is 4.74 Å². The maximum atomic E-state index is 13.2. The number of alkyl halides is 6. The summed E-state index contributed by atoms with van der Waals surface area (Å²) in [5.41, 5.74) is -3.15. The summed E-state index contributed by atoms with van der Waals surface area (Å²) in [4.78, 5) is 26.3. The van der Waals surface area contributed by atoms with Gasteiger partial charge in [-0.2, -0.15) is 26.3 Å². The van der Waals surface area contributed by atoms with Crippen molar-refractivity contribution in [1.82, 2.24) is 9.80 Å². The number of ether oxygens (including phenoxy) is 2. The molecule has 1 saturated heterocycles. The van der Waals surface area contributed by atoms with Gasteiger partial charge in [0.2, 0.25) is 0 Å². The number of hydrogen-bond donors (Lipinski definition) is 0. The Labute approximate surface area is 213 Å². The van der Waals surface area contributed by atoms with Crippen molar-refractivity contribution in [3.05, 3.63) is 74.8 Å². The van der Waals surface area contributed by atoms with Crippen LogP contribution in [0.1, 0.15) is 28.3 Å². The fourth-order valence-corrected chi connectivity index (χ4v) is 4.20. The number of piperazine rings is 1. The highest BCUT2D eigenvalue weighted by molar-refractivity contribution is 5.71. The minimum Gasteiger partial charge on any atom is -0.468 e. The number of hydrogen-bond acceptors (Lipinski definition) is 7. The topological polar surface area (TPSA) is 85.2 Å². The van der Waals surface area contributed by atoms with Gasteiger partial charge in [0.1, 0.15) is 0 Å². The van der Waals surface area contributed by atoms with Gasteiger partial charge in [-0.05, 0) is 23.8 Å². The van der Waals surface area contributed by atoms with Crippen LogP contribution in [0.15, 0.2) is 42.5 Å². The average Bonchev–Trinajstić information content (AvgIpc) is 2.86. The SMILES string of the molecule is COC(=O)CN1CCN(C(COCc2cc(C(F)(F)F)cc(C(F)(F)F)c2)c2ccccc2[N+](=O)[O-])CC1. The van der Waals surface area contributed by atoms with Gasteiger partial charge >= 0.3 is 18.3 Å². The van der Waals surface area contributed by atoms with Gasteiger partial charge in [0.25, 0.3) is 5.69 Å². The third-order valence-corrected chi connectivity index (χ3v) is 6.11. The molecule has 0 amide bonds. The number of nitrogens with zero attached hydrogens (tertiary/aromatic N) is 3. The Hall–Kier alpha value is -3.23. The van der Waals surface area contributed by atoms with Gasteiger partial charge in [-0.15, -0.1) is 0 Å². The molecule has 1 aliphatic rings. The Morgan fingerprint density at radius 3 is 2.11 bits per heavy atom. The first-order valence-electron chi connectivity index (χ1n) is 11.4. The monoisotopic (exact) mass is 549 g/mol. The molecule has 0 aromatic heterocycles. The van der Waals surface area contributed by atoms with Crippen LogP contribution < -0.4 is 0 Å².